The number of benzene rings is 1. The van der Waals surface area contributed by atoms with Gasteiger partial charge < -0.3 is 4.74 Å². The summed E-state index contributed by atoms with van der Waals surface area (Å²) in [6.07, 6.45) is 2.94. The summed E-state index contributed by atoms with van der Waals surface area (Å²) in [4.78, 5) is 0. The van der Waals surface area contributed by atoms with Crippen molar-refractivity contribution in [2.45, 2.75) is 59.3 Å². The fraction of sp³-hybridized carbons (Fsp3) is 0.526. The Hall–Kier alpha value is -1.46. The van der Waals surface area contributed by atoms with E-state index in [2.05, 4.69) is 59.9 Å². The summed E-state index contributed by atoms with van der Waals surface area (Å²) in [6.45, 7) is 17.1. The van der Waals surface area contributed by atoms with Gasteiger partial charge in [0.1, 0.15) is 5.75 Å². The molecule has 1 nitrogen and oxygen atoms in total. The molecule has 1 aromatic carbocycles. The topological polar surface area (TPSA) is 9.23 Å². The second kappa shape index (κ2) is 6.33. The van der Waals surface area contributed by atoms with Crippen LogP contribution >= 0.6 is 0 Å². The summed E-state index contributed by atoms with van der Waals surface area (Å²) in [6, 6.07) is 2.32. The second-order valence-electron chi connectivity index (χ2n) is 6.55. The first kappa shape index (κ1) is 16.6. The van der Waals surface area contributed by atoms with Gasteiger partial charge in [-0.25, -0.2) is 0 Å². The van der Waals surface area contributed by atoms with Gasteiger partial charge >= 0.3 is 0 Å². The van der Waals surface area contributed by atoms with Gasteiger partial charge in [0.2, 0.25) is 0 Å². The summed E-state index contributed by atoms with van der Waals surface area (Å²) in [5.41, 5.74) is 8.18. The van der Waals surface area contributed by atoms with E-state index >= 15 is 0 Å². The Kier molecular flexibility index (Phi) is 5.25. The normalized spacial score (nSPS) is 11.4. The van der Waals surface area contributed by atoms with E-state index in [0.717, 1.165) is 17.7 Å². The van der Waals surface area contributed by atoms with Crippen LogP contribution < -0.4 is 4.74 Å². The van der Waals surface area contributed by atoms with E-state index in [1.807, 2.05) is 6.08 Å². The molecule has 0 amide bonds. The molecular formula is C19H28O. The first-order valence-electron chi connectivity index (χ1n) is 7.37. The highest BCUT2D eigenvalue weighted by Gasteiger charge is 2.24. The van der Waals surface area contributed by atoms with Crippen LogP contribution in [0.3, 0.4) is 0 Å². The molecule has 0 aromatic heterocycles. The lowest BCUT2D eigenvalue weighted by Crippen LogP contribution is -2.17. The van der Waals surface area contributed by atoms with Gasteiger partial charge in [-0.15, -0.1) is 5.73 Å². The van der Waals surface area contributed by atoms with E-state index < -0.39 is 0 Å². The first-order chi connectivity index (χ1) is 9.27. The van der Waals surface area contributed by atoms with Crippen LogP contribution in [-0.4, -0.2) is 7.11 Å². The average molecular weight is 272 g/mol. The Morgan fingerprint density at radius 2 is 1.95 bits per heavy atom. The molecule has 1 aromatic rings. The molecule has 0 fully saturated rings. The molecule has 1 heteroatoms. The molecular weight excluding hydrogens is 244 g/mol. The maximum atomic E-state index is 5.70. The molecule has 0 aliphatic heterocycles. The lowest BCUT2D eigenvalue weighted by Gasteiger charge is -2.28. The predicted molar refractivity (Wildman–Crippen MR) is 88.8 cm³/mol. The third kappa shape index (κ3) is 3.16. The third-order valence-corrected chi connectivity index (χ3v) is 3.69. The van der Waals surface area contributed by atoms with Crippen molar-refractivity contribution in [3.63, 3.8) is 0 Å². The van der Waals surface area contributed by atoms with E-state index in [1.165, 1.54) is 16.7 Å². The van der Waals surface area contributed by atoms with E-state index in [4.69, 9.17) is 4.74 Å². The van der Waals surface area contributed by atoms with Crippen LogP contribution in [0.2, 0.25) is 0 Å². The monoisotopic (exact) mass is 272 g/mol. The minimum Gasteiger partial charge on any atom is -0.496 e. The van der Waals surface area contributed by atoms with E-state index in [-0.39, 0.29) is 5.41 Å². The van der Waals surface area contributed by atoms with Crippen molar-refractivity contribution in [2.24, 2.45) is 0 Å². The van der Waals surface area contributed by atoms with Gasteiger partial charge in [0.05, 0.1) is 7.11 Å². The standard InChI is InChI=1S/C19H28O/c1-9-11-15-14(10-2)17(19(5,6)7)12-16(13(3)4)18(15)20-8/h11-13H,1,10H2,2-8H3. The SMILES string of the molecule is C=C=Cc1c(CC)c(C(C)(C)C)cc(C(C)C)c1OC. The van der Waals surface area contributed by atoms with Gasteiger partial charge in [-0.3, -0.25) is 0 Å². The fourth-order valence-electron chi connectivity index (χ4n) is 2.71. The molecule has 0 spiro atoms. The molecule has 0 N–H and O–H groups in total. The molecule has 0 aliphatic carbocycles. The Morgan fingerprint density at radius 3 is 2.30 bits per heavy atom. The van der Waals surface area contributed by atoms with Crippen molar-refractivity contribution in [3.05, 3.63) is 40.6 Å². The van der Waals surface area contributed by atoms with Crippen LogP contribution in [0, 0.1) is 0 Å². The Morgan fingerprint density at radius 1 is 1.35 bits per heavy atom. The van der Waals surface area contributed by atoms with Gasteiger partial charge in [-0.1, -0.05) is 54.2 Å². The minimum atomic E-state index is 0.116. The number of methoxy groups -OCH3 is 1. The maximum Gasteiger partial charge on any atom is 0.130 e. The van der Waals surface area contributed by atoms with Crippen LogP contribution in [0.1, 0.15) is 69.7 Å². The highest BCUT2D eigenvalue weighted by molar-refractivity contribution is 5.67. The molecule has 0 aliphatic rings. The maximum absolute atomic E-state index is 5.70. The highest BCUT2D eigenvalue weighted by Crippen LogP contribution is 2.39. The summed E-state index contributed by atoms with van der Waals surface area (Å²) in [5.74, 6) is 1.40. The van der Waals surface area contributed by atoms with Crippen molar-refractivity contribution >= 4 is 6.08 Å². The lowest BCUT2D eigenvalue weighted by atomic mass is 9.78. The third-order valence-electron chi connectivity index (χ3n) is 3.69. The highest BCUT2D eigenvalue weighted by atomic mass is 16.5. The van der Waals surface area contributed by atoms with Crippen molar-refractivity contribution in [3.8, 4) is 5.75 Å². The number of hydrogen-bond donors (Lipinski definition) is 0. The van der Waals surface area contributed by atoms with Gasteiger partial charge in [0.15, 0.2) is 0 Å². The second-order valence-corrected chi connectivity index (χ2v) is 6.55. The zero-order chi connectivity index (χ0) is 15.5. The molecule has 20 heavy (non-hydrogen) atoms. The Balaban J connectivity index is 3.85. The first-order valence-corrected chi connectivity index (χ1v) is 7.37. The number of rotatable bonds is 4. The largest absolute Gasteiger partial charge is 0.496 e. The zero-order valence-corrected chi connectivity index (χ0v) is 14.1. The molecule has 110 valence electrons. The van der Waals surface area contributed by atoms with Gasteiger partial charge in [-0.2, -0.15) is 0 Å². The molecule has 0 unspecified atom stereocenters. The number of hydrogen-bond acceptors (Lipinski definition) is 1. The molecule has 1 rings (SSSR count). The van der Waals surface area contributed by atoms with Crippen LogP contribution in [0.15, 0.2) is 18.4 Å². The molecule has 0 heterocycles. The molecule has 0 bridgehead atoms. The van der Waals surface area contributed by atoms with E-state index in [1.54, 1.807) is 7.11 Å². The predicted octanol–water partition coefficient (Wildman–Crippen LogP) is 5.48. The Bertz CT molecular complexity index is 524. The lowest BCUT2D eigenvalue weighted by molar-refractivity contribution is 0.405. The zero-order valence-electron chi connectivity index (χ0n) is 14.1. The fourth-order valence-corrected chi connectivity index (χ4v) is 2.71. The summed E-state index contributed by atoms with van der Waals surface area (Å²) in [7, 11) is 1.75. The Labute approximate surface area is 124 Å². The van der Waals surface area contributed by atoms with E-state index in [0.29, 0.717) is 5.92 Å². The quantitative estimate of drug-likeness (QED) is 0.660. The van der Waals surface area contributed by atoms with Crippen LogP contribution in [0.4, 0.5) is 0 Å². The molecule has 0 radical (unpaired) electrons. The van der Waals surface area contributed by atoms with Crippen LogP contribution in [-0.2, 0) is 11.8 Å². The number of ether oxygens (including phenoxy) is 1. The summed E-state index contributed by atoms with van der Waals surface area (Å²) >= 11 is 0. The van der Waals surface area contributed by atoms with Gasteiger partial charge in [0.25, 0.3) is 0 Å². The summed E-state index contributed by atoms with van der Waals surface area (Å²) < 4.78 is 5.70. The smallest absolute Gasteiger partial charge is 0.130 e. The van der Waals surface area contributed by atoms with Gasteiger partial charge in [0, 0.05) is 5.56 Å². The van der Waals surface area contributed by atoms with Crippen LogP contribution in [0.5, 0.6) is 5.75 Å². The van der Waals surface area contributed by atoms with Crippen molar-refractivity contribution in [1.82, 2.24) is 0 Å². The van der Waals surface area contributed by atoms with Crippen molar-refractivity contribution in [2.75, 3.05) is 7.11 Å². The van der Waals surface area contributed by atoms with Crippen molar-refractivity contribution < 1.29 is 4.74 Å². The van der Waals surface area contributed by atoms with Crippen LogP contribution in [0.25, 0.3) is 6.08 Å². The van der Waals surface area contributed by atoms with Crippen molar-refractivity contribution in [1.29, 1.82) is 0 Å². The molecule has 0 saturated heterocycles. The summed E-state index contributed by atoms with van der Waals surface area (Å²) in [5, 5.41) is 0. The minimum absolute atomic E-state index is 0.116. The van der Waals surface area contributed by atoms with E-state index in [9.17, 15) is 0 Å². The molecule has 0 atom stereocenters. The molecule has 0 saturated carbocycles. The van der Waals surface area contributed by atoms with Gasteiger partial charge in [-0.05, 0) is 40.5 Å². The average Bonchev–Trinajstić information content (AvgIpc) is 2.36.